The summed E-state index contributed by atoms with van der Waals surface area (Å²) < 4.78 is 17.0. The average molecular weight is 525 g/mol. The van der Waals surface area contributed by atoms with E-state index in [9.17, 15) is 0 Å². The summed E-state index contributed by atoms with van der Waals surface area (Å²) in [5.74, 6) is 2.99. The van der Waals surface area contributed by atoms with E-state index in [2.05, 4.69) is 40.7 Å². The zero-order valence-corrected chi connectivity index (χ0v) is 20.3. The molecule has 1 aliphatic rings. The molecule has 2 aromatic rings. The number of methoxy groups -OCH3 is 1. The molecule has 0 bridgehead atoms. The topological polar surface area (TPSA) is 64.1 Å². The standard InChI is InChI=1S/C23H31N3O3.HI/c1-17-8-9-20(22(12-17)29-16-18-10-11-28-15-18)14-26-23(24-2)25-13-19-6-4-5-7-21(19)27-3;/h4-9,12,18H,10-11,13-16H2,1-3H3,(H2,24,25,26);1H. The van der Waals surface area contributed by atoms with Gasteiger partial charge in [0.2, 0.25) is 0 Å². The smallest absolute Gasteiger partial charge is 0.191 e. The summed E-state index contributed by atoms with van der Waals surface area (Å²) in [5, 5.41) is 6.71. The van der Waals surface area contributed by atoms with E-state index in [4.69, 9.17) is 14.2 Å². The highest BCUT2D eigenvalue weighted by molar-refractivity contribution is 14.0. The maximum Gasteiger partial charge on any atom is 0.191 e. The minimum Gasteiger partial charge on any atom is -0.496 e. The van der Waals surface area contributed by atoms with Crippen LogP contribution in [0.15, 0.2) is 47.5 Å². The highest BCUT2D eigenvalue weighted by Gasteiger charge is 2.17. The van der Waals surface area contributed by atoms with E-state index >= 15 is 0 Å². The Bertz CT molecular complexity index is 823. The maximum atomic E-state index is 6.13. The van der Waals surface area contributed by atoms with Crippen molar-refractivity contribution in [1.82, 2.24) is 10.6 Å². The number of para-hydroxylation sites is 1. The molecule has 30 heavy (non-hydrogen) atoms. The molecule has 0 radical (unpaired) electrons. The normalized spacial score (nSPS) is 16.0. The van der Waals surface area contributed by atoms with E-state index in [-0.39, 0.29) is 24.0 Å². The summed E-state index contributed by atoms with van der Waals surface area (Å²) >= 11 is 0. The van der Waals surface area contributed by atoms with Crippen LogP contribution in [0.25, 0.3) is 0 Å². The fourth-order valence-electron chi connectivity index (χ4n) is 3.29. The molecule has 0 amide bonds. The van der Waals surface area contributed by atoms with Gasteiger partial charge in [0.05, 0.1) is 20.3 Å². The second-order valence-corrected chi connectivity index (χ2v) is 7.24. The first kappa shape index (κ1) is 24.3. The third-order valence-electron chi connectivity index (χ3n) is 5.03. The molecule has 0 aliphatic carbocycles. The van der Waals surface area contributed by atoms with Crippen molar-refractivity contribution in [2.45, 2.75) is 26.4 Å². The van der Waals surface area contributed by atoms with E-state index < -0.39 is 0 Å². The Labute approximate surface area is 196 Å². The van der Waals surface area contributed by atoms with Crippen molar-refractivity contribution in [2.24, 2.45) is 10.9 Å². The van der Waals surface area contributed by atoms with Gasteiger partial charge in [-0.1, -0.05) is 30.3 Å². The van der Waals surface area contributed by atoms with Crippen molar-refractivity contribution >= 4 is 29.9 Å². The molecule has 164 valence electrons. The van der Waals surface area contributed by atoms with Crippen molar-refractivity contribution in [3.05, 3.63) is 59.2 Å². The minimum absolute atomic E-state index is 0. The molecule has 1 fully saturated rings. The van der Waals surface area contributed by atoms with E-state index in [1.165, 1.54) is 5.56 Å². The first-order valence-electron chi connectivity index (χ1n) is 10.1. The molecule has 1 heterocycles. The zero-order valence-electron chi connectivity index (χ0n) is 17.9. The molecular formula is C23H32IN3O3. The first-order chi connectivity index (χ1) is 14.2. The molecule has 3 rings (SSSR count). The fourth-order valence-corrected chi connectivity index (χ4v) is 3.29. The first-order valence-corrected chi connectivity index (χ1v) is 10.1. The Kier molecular flexibility index (Phi) is 10.2. The van der Waals surface area contributed by atoms with Crippen LogP contribution in [0.2, 0.25) is 0 Å². The van der Waals surface area contributed by atoms with Gasteiger partial charge in [0, 0.05) is 43.8 Å². The molecule has 7 heteroatoms. The summed E-state index contributed by atoms with van der Waals surface area (Å²) in [4.78, 5) is 4.33. The van der Waals surface area contributed by atoms with Crippen LogP contribution in [-0.2, 0) is 17.8 Å². The number of nitrogens with zero attached hydrogens (tertiary/aromatic N) is 1. The molecule has 1 aliphatic heterocycles. The number of hydrogen-bond acceptors (Lipinski definition) is 4. The van der Waals surface area contributed by atoms with E-state index in [0.717, 1.165) is 48.2 Å². The van der Waals surface area contributed by atoms with Gasteiger partial charge in [0.1, 0.15) is 11.5 Å². The van der Waals surface area contributed by atoms with Crippen molar-refractivity contribution in [2.75, 3.05) is 34.0 Å². The van der Waals surface area contributed by atoms with E-state index in [1.807, 2.05) is 24.3 Å². The number of ether oxygens (including phenoxy) is 3. The van der Waals surface area contributed by atoms with Crippen LogP contribution >= 0.6 is 24.0 Å². The van der Waals surface area contributed by atoms with Crippen LogP contribution in [0, 0.1) is 12.8 Å². The Morgan fingerprint density at radius 1 is 1.10 bits per heavy atom. The number of halogens is 1. The molecule has 1 saturated heterocycles. The molecule has 6 nitrogen and oxygen atoms in total. The number of hydrogen-bond donors (Lipinski definition) is 2. The lowest BCUT2D eigenvalue weighted by atomic mass is 10.1. The maximum absolute atomic E-state index is 6.13. The van der Waals surface area contributed by atoms with Gasteiger partial charge >= 0.3 is 0 Å². The number of aryl methyl sites for hydroxylation is 1. The summed E-state index contributed by atoms with van der Waals surface area (Å²) in [6.07, 6.45) is 1.07. The van der Waals surface area contributed by atoms with Crippen LogP contribution in [-0.4, -0.2) is 39.9 Å². The third kappa shape index (κ3) is 7.05. The van der Waals surface area contributed by atoms with Gasteiger partial charge in [-0.2, -0.15) is 0 Å². The lowest BCUT2D eigenvalue weighted by Gasteiger charge is -2.17. The molecule has 2 N–H and O–H groups in total. The monoisotopic (exact) mass is 525 g/mol. The van der Waals surface area contributed by atoms with Gasteiger partial charge in [-0.25, -0.2) is 0 Å². The van der Waals surface area contributed by atoms with Crippen LogP contribution in [0.5, 0.6) is 11.5 Å². The highest BCUT2D eigenvalue weighted by Crippen LogP contribution is 2.23. The van der Waals surface area contributed by atoms with Gasteiger partial charge < -0.3 is 24.8 Å². The molecule has 0 saturated carbocycles. The largest absolute Gasteiger partial charge is 0.496 e. The third-order valence-corrected chi connectivity index (χ3v) is 5.03. The van der Waals surface area contributed by atoms with Gasteiger partial charge in [0.25, 0.3) is 0 Å². The second-order valence-electron chi connectivity index (χ2n) is 7.24. The lowest BCUT2D eigenvalue weighted by molar-refractivity contribution is 0.166. The number of aliphatic imine (C=N–C) groups is 1. The SMILES string of the molecule is CN=C(NCc1ccccc1OC)NCc1ccc(C)cc1OCC1CCOC1.I. The van der Waals surface area contributed by atoms with Gasteiger partial charge in [0.15, 0.2) is 5.96 Å². The second kappa shape index (κ2) is 12.6. The number of guanidine groups is 1. The Hall–Kier alpha value is -2.00. The van der Waals surface area contributed by atoms with Crippen LogP contribution in [0.1, 0.15) is 23.1 Å². The van der Waals surface area contributed by atoms with E-state index in [0.29, 0.717) is 25.6 Å². The lowest BCUT2D eigenvalue weighted by Crippen LogP contribution is -2.36. The van der Waals surface area contributed by atoms with Crippen molar-refractivity contribution in [3.63, 3.8) is 0 Å². The fraction of sp³-hybridized carbons (Fsp3) is 0.435. The molecule has 0 aromatic heterocycles. The van der Waals surface area contributed by atoms with Crippen molar-refractivity contribution in [1.29, 1.82) is 0 Å². The predicted octanol–water partition coefficient (Wildman–Crippen LogP) is 3.90. The number of rotatable bonds is 8. The summed E-state index contributed by atoms with van der Waals surface area (Å²) in [6.45, 7) is 5.65. The Morgan fingerprint density at radius 3 is 2.50 bits per heavy atom. The van der Waals surface area contributed by atoms with Crippen LogP contribution in [0.4, 0.5) is 0 Å². The Balaban J connectivity index is 0.00000320. The zero-order chi connectivity index (χ0) is 20.5. The minimum atomic E-state index is 0. The number of nitrogens with one attached hydrogen (secondary N) is 2. The quantitative estimate of drug-likeness (QED) is 0.311. The summed E-state index contributed by atoms with van der Waals surface area (Å²) in [5.41, 5.74) is 3.37. The van der Waals surface area contributed by atoms with Crippen LogP contribution < -0.4 is 20.1 Å². The summed E-state index contributed by atoms with van der Waals surface area (Å²) in [6, 6.07) is 14.3. The van der Waals surface area contributed by atoms with Gasteiger partial charge in [-0.15, -0.1) is 24.0 Å². The summed E-state index contributed by atoms with van der Waals surface area (Å²) in [7, 11) is 3.45. The highest BCUT2D eigenvalue weighted by atomic mass is 127. The number of benzene rings is 2. The molecular weight excluding hydrogens is 493 g/mol. The predicted molar refractivity (Wildman–Crippen MR) is 131 cm³/mol. The van der Waals surface area contributed by atoms with E-state index in [1.54, 1.807) is 14.2 Å². The molecule has 2 aromatic carbocycles. The van der Waals surface area contributed by atoms with Gasteiger partial charge in [-0.3, -0.25) is 4.99 Å². The van der Waals surface area contributed by atoms with Crippen LogP contribution in [0.3, 0.4) is 0 Å². The molecule has 0 spiro atoms. The Morgan fingerprint density at radius 2 is 1.83 bits per heavy atom. The molecule has 1 unspecified atom stereocenters. The average Bonchev–Trinajstić information content (AvgIpc) is 3.27. The van der Waals surface area contributed by atoms with Gasteiger partial charge in [-0.05, 0) is 31.0 Å². The van der Waals surface area contributed by atoms with Crippen molar-refractivity contribution < 1.29 is 14.2 Å². The molecule has 1 atom stereocenters. The van der Waals surface area contributed by atoms with Crippen molar-refractivity contribution in [3.8, 4) is 11.5 Å².